The van der Waals surface area contributed by atoms with Gasteiger partial charge in [-0.15, -0.1) is 0 Å². The van der Waals surface area contributed by atoms with E-state index < -0.39 is 0 Å². The lowest BCUT2D eigenvalue weighted by atomic mass is 9.59. The van der Waals surface area contributed by atoms with E-state index in [1.165, 1.54) is 0 Å². The number of hydrogen-bond acceptors (Lipinski definition) is 4. The Hall–Kier alpha value is -3.92. The average Bonchev–Trinajstić information content (AvgIpc) is 2.88. The second kappa shape index (κ2) is 9.62. The van der Waals surface area contributed by atoms with Crippen LogP contribution in [-0.2, 0) is 10.8 Å². The minimum absolute atomic E-state index is 0.244. The maximum absolute atomic E-state index is 10.00. The maximum Gasteiger partial charge on any atom is 0.115 e. The third-order valence-corrected chi connectivity index (χ3v) is 8.12. The summed E-state index contributed by atoms with van der Waals surface area (Å²) >= 11 is 0. The van der Waals surface area contributed by atoms with Crippen molar-refractivity contribution in [1.82, 2.24) is 0 Å². The lowest BCUT2D eigenvalue weighted by Crippen LogP contribution is -2.36. The van der Waals surface area contributed by atoms with Crippen LogP contribution < -0.4 is 0 Å². The zero-order valence-corrected chi connectivity index (χ0v) is 20.3. The van der Waals surface area contributed by atoms with Crippen LogP contribution in [0.2, 0.25) is 0 Å². The van der Waals surface area contributed by atoms with E-state index in [4.69, 9.17) is 0 Å². The highest BCUT2D eigenvalue weighted by Gasteiger charge is 2.42. The predicted molar refractivity (Wildman–Crippen MR) is 142 cm³/mol. The quantitative estimate of drug-likeness (QED) is 0.250. The van der Waals surface area contributed by atoms with Crippen molar-refractivity contribution in [1.29, 1.82) is 0 Å². The minimum atomic E-state index is -0.291. The number of aromatic hydroxyl groups is 4. The minimum Gasteiger partial charge on any atom is -0.508 e. The first-order valence-electron chi connectivity index (χ1n) is 12.6. The summed E-state index contributed by atoms with van der Waals surface area (Å²) in [6, 6.07) is 30.2. The van der Waals surface area contributed by atoms with Crippen molar-refractivity contribution < 1.29 is 20.4 Å². The Bertz CT molecular complexity index is 1090. The van der Waals surface area contributed by atoms with Gasteiger partial charge in [0.1, 0.15) is 23.0 Å². The molecule has 0 aliphatic heterocycles. The van der Waals surface area contributed by atoms with Crippen LogP contribution in [0.5, 0.6) is 23.0 Å². The molecule has 36 heavy (non-hydrogen) atoms. The van der Waals surface area contributed by atoms with Gasteiger partial charge in [0.05, 0.1) is 0 Å². The van der Waals surface area contributed by atoms with Gasteiger partial charge in [-0.25, -0.2) is 0 Å². The molecule has 1 saturated carbocycles. The Labute approximate surface area is 212 Å². The molecule has 0 unspecified atom stereocenters. The van der Waals surface area contributed by atoms with E-state index in [9.17, 15) is 20.4 Å². The van der Waals surface area contributed by atoms with Crippen LogP contribution >= 0.6 is 0 Å². The molecular formula is C32H32O4. The molecule has 0 radical (unpaired) electrons. The van der Waals surface area contributed by atoms with Crippen molar-refractivity contribution in [2.24, 2.45) is 0 Å². The van der Waals surface area contributed by atoms with Crippen LogP contribution in [0.15, 0.2) is 97.1 Å². The number of phenolic OH excluding ortho intramolecular Hbond substituents is 4. The summed E-state index contributed by atoms with van der Waals surface area (Å²) in [4.78, 5) is 0. The van der Waals surface area contributed by atoms with E-state index in [1.54, 1.807) is 48.5 Å². The molecule has 1 aliphatic carbocycles. The lowest BCUT2D eigenvalue weighted by molar-refractivity contribution is 0.295. The van der Waals surface area contributed by atoms with Gasteiger partial charge in [0.25, 0.3) is 0 Å². The fourth-order valence-corrected chi connectivity index (χ4v) is 6.14. The Morgan fingerprint density at radius 1 is 0.333 bits per heavy atom. The molecule has 4 aromatic carbocycles. The summed E-state index contributed by atoms with van der Waals surface area (Å²) in [5, 5.41) is 40.0. The van der Waals surface area contributed by atoms with Gasteiger partial charge in [0, 0.05) is 10.8 Å². The molecule has 0 spiro atoms. The van der Waals surface area contributed by atoms with Gasteiger partial charge in [-0.05, 0) is 96.5 Å². The van der Waals surface area contributed by atoms with Gasteiger partial charge in [0.15, 0.2) is 0 Å². The van der Waals surface area contributed by atoms with Crippen molar-refractivity contribution in [2.75, 3.05) is 0 Å². The molecule has 0 aromatic heterocycles. The molecule has 0 atom stereocenters. The van der Waals surface area contributed by atoms with Crippen molar-refractivity contribution in [3.8, 4) is 23.0 Å². The third kappa shape index (κ3) is 4.39. The monoisotopic (exact) mass is 480 g/mol. The summed E-state index contributed by atoms with van der Waals surface area (Å²) < 4.78 is 0. The standard InChI is InChI=1S/C32H32O4/c33-27-11-3-23(4-12-27)31(24-5-13-28(34)14-6-24)19-1-2-20-32(22-21-31,25-7-15-29(35)16-8-25)26-9-17-30(36)18-10-26/h3-18,33-36H,1-2,19-22H2. The Balaban J connectivity index is 1.66. The van der Waals surface area contributed by atoms with E-state index in [-0.39, 0.29) is 33.8 Å². The maximum atomic E-state index is 10.00. The summed E-state index contributed by atoms with van der Waals surface area (Å²) in [5.41, 5.74) is 4.02. The summed E-state index contributed by atoms with van der Waals surface area (Å²) in [6.45, 7) is 0. The molecule has 0 amide bonds. The van der Waals surface area contributed by atoms with Crippen molar-refractivity contribution in [3.05, 3.63) is 119 Å². The summed E-state index contributed by atoms with van der Waals surface area (Å²) in [7, 11) is 0. The second-order valence-corrected chi connectivity index (χ2v) is 10.1. The Kier molecular flexibility index (Phi) is 6.36. The van der Waals surface area contributed by atoms with Crippen LogP contribution in [-0.4, -0.2) is 20.4 Å². The van der Waals surface area contributed by atoms with E-state index in [2.05, 4.69) is 0 Å². The van der Waals surface area contributed by atoms with E-state index in [0.717, 1.165) is 60.8 Å². The van der Waals surface area contributed by atoms with Crippen LogP contribution in [0.25, 0.3) is 0 Å². The molecule has 1 aliphatic rings. The molecule has 0 heterocycles. The highest BCUT2D eigenvalue weighted by molar-refractivity contribution is 5.46. The number of hydrogen-bond donors (Lipinski definition) is 4. The van der Waals surface area contributed by atoms with E-state index in [1.807, 2.05) is 48.5 Å². The normalized spacial score (nSPS) is 17.1. The summed E-state index contributed by atoms with van der Waals surface area (Å²) in [5.74, 6) is 0.974. The molecule has 4 nitrogen and oxygen atoms in total. The molecular weight excluding hydrogens is 448 g/mol. The van der Waals surface area contributed by atoms with E-state index in [0.29, 0.717) is 0 Å². The zero-order valence-electron chi connectivity index (χ0n) is 20.3. The van der Waals surface area contributed by atoms with Crippen LogP contribution in [0.3, 0.4) is 0 Å². The number of rotatable bonds is 4. The summed E-state index contributed by atoms with van der Waals surface area (Å²) in [6.07, 6.45) is 5.65. The topological polar surface area (TPSA) is 80.9 Å². The molecule has 5 rings (SSSR count). The largest absolute Gasteiger partial charge is 0.508 e. The SMILES string of the molecule is Oc1ccc(C2(c3ccc(O)cc3)CCCCC(c3ccc(O)cc3)(c3ccc(O)cc3)CC2)cc1. The van der Waals surface area contributed by atoms with Crippen LogP contribution in [0, 0.1) is 0 Å². The first-order valence-corrected chi connectivity index (χ1v) is 12.6. The van der Waals surface area contributed by atoms with Gasteiger partial charge in [-0.3, -0.25) is 0 Å². The molecule has 4 heteroatoms. The lowest BCUT2D eigenvalue weighted by Gasteiger charge is -2.44. The predicted octanol–water partition coefficient (Wildman–Crippen LogP) is 7.14. The first kappa shape index (κ1) is 23.8. The van der Waals surface area contributed by atoms with Crippen molar-refractivity contribution in [3.63, 3.8) is 0 Å². The van der Waals surface area contributed by atoms with Crippen molar-refractivity contribution >= 4 is 0 Å². The molecule has 184 valence electrons. The van der Waals surface area contributed by atoms with Crippen molar-refractivity contribution in [2.45, 2.75) is 49.4 Å². The Morgan fingerprint density at radius 2 is 0.556 bits per heavy atom. The number of phenols is 4. The van der Waals surface area contributed by atoms with Crippen LogP contribution in [0.1, 0.15) is 60.8 Å². The molecule has 4 aromatic rings. The van der Waals surface area contributed by atoms with Gasteiger partial charge < -0.3 is 20.4 Å². The highest BCUT2D eigenvalue weighted by atomic mass is 16.3. The van der Waals surface area contributed by atoms with Gasteiger partial charge >= 0.3 is 0 Å². The molecule has 0 bridgehead atoms. The third-order valence-electron chi connectivity index (χ3n) is 8.12. The van der Waals surface area contributed by atoms with Gasteiger partial charge in [-0.1, -0.05) is 61.4 Å². The highest BCUT2D eigenvalue weighted by Crippen LogP contribution is 2.51. The number of benzene rings is 4. The molecule has 0 saturated heterocycles. The second-order valence-electron chi connectivity index (χ2n) is 10.1. The van der Waals surface area contributed by atoms with E-state index >= 15 is 0 Å². The van der Waals surface area contributed by atoms with Gasteiger partial charge in [-0.2, -0.15) is 0 Å². The average molecular weight is 481 g/mol. The van der Waals surface area contributed by atoms with Gasteiger partial charge in [0.2, 0.25) is 0 Å². The molecule has 4 N–H and O–H groups in total. The fraction of sp³-hybridized carbons (Fsp3) is 0.250. The smallest absolute Gasteiger partial charge is 0.115 e. The first-order chi connectivity index (χ1) is 17.4. The van der Waals surface area contributed by atoms with Crippen LogP contribution in [0.4, 0.5) is 0 Å². The fourth-order valence-electron chi connectivity index (χ4n) is 6.14. The zero-order chi connectivity index (χ0) is 25.2. The Morgan fingerprint density at radius 3 is 0.778 bits per heavy atom. The molecule has 1 fully saturated rings.